The number of amides is 1. The molecule has 2 fully saturated rings. The Morgan fingerprint density at radius 3 is 2.44 bits per heavy atom. The summed E-state index contributed by atoms with van der Waals surface area (Å²) in [6, 6.07) is 13.6. The number of hydrogen-bond acceptors (Lipinski definition) is 3. The maximum absolute atomic E-state index is 14.0. The van der Waals surface area contributed by atoms with E-state index in [1.54, 1.807) is 6.07 Å². The Balaban J connectivity index is 1.47. The number of piperidine rings is 1. The molecule has 0 saturated carbocycles. The van der Waals surface area contributed by atoms with Crippen LogP contribution in [0, 0.1) is 0 Å². The van der Waals surface area contributed by atoms with E-state index in [1.807, 2.05) is 50.1 Å². The zero-order valence-corrected chi connectivity index (χ0v) is 23.4. The number of carbonyl (C=O) groups excluding carboxylic acids is 2. The summed E-state index contributed by atoms with van der Waals surface area (Å²) in [5, 5.41) is 1.63. The summed E-state index contributed by atoms with van der Waals surface area (Å²) in [5.41, 5.74) is 1.45. The Morgan fingerprint density at radius 1 is 1.06 bits per heavy atom. The maximum Gasteiger partial charge on any atom is 0.225 e. The van der Waals surface area contributed by atoms with Gasteiger partial charge in [0.05, 0.1) is 10.0 Å². The summed E-state index contributed by atoms with van der Waals surface area (Å²) in [7, 11) is 0. The third-order valence-corrected chi connectivity index (χ3v) is 8.99. The van der Waals surface area contributed by atoms with Gasteiger partial charge in [0.2, 0.25) is 12.6 Å². The highest BCUT2D eigenvalue weighted by atomic mass is 35.5. The van der Waals surface area contributed by atoms with Crippen LogP contribution in [0.4, 0.5) is 0 Å². The van der Waals surface area contributed by atoms with Crippen LogP contribution >= 0.6 is 34.8 Å². The first-order valence-electron chi connectivity index (χ1n) is 12.9. The number of carbonyl (C=O) groups is 2. The van der Waals surface area contributed by atoms with E-state index in [2.05, 4.69) is 9.80 Å². The second-order valence-corrected chi connectivity index (χ2v) is 11.8. The van der Waals surface area contributed by atoms with Gasteiger partial charge >= 0.3 is 0 Å². The molecule has 0 radical (unpaired) electrons. The summed E-state index contributed by atoms with van der Waals surface area (Å²) in [5.74, 6) is 0.305. The summed E-state index contributed by atoms with van der Waals surface area (Å²) < 4.78 is 0. The fourth-order valence-corrected chi connectivity index (χ4v) is 6.31. The Hall–Kier alpha value is -1.53. The summed E-state index contributed by atoms with van der Waals surface area (Å²) >= 11 is 18.8. The highest BCUT2D eigenvalue weighted by Crippen LogP contribution is 2.35. The van der Waals surface area contributed by atoms with Crippen LogP contribution in [-0.4, -0.2) is 60.3 Å². The second kappa shape index (κ2) is 11.9. The molecule has 0 aromatic heterocycles. The van der Waals surface area contributed by atoms with Gasteiger partial charge in [-0.1, -0.05) is 65.4 Å². The standard InChI is InChI=1S/C28H34BCl3N2O2/c1-28(21-8-9-24(31)25(32)18-21,27(36)29(2)19-20-5-3-6-22(30)17-20)12-16-33-14-10-23(11-15-33)34-13-4-7-26(34)35/h3,5-6,8-9,17-18,23H,4,7,10-16,19H2,1-2H3. The predicted molar refractivity (Wildman–Crippen MR) is 151 cm³/mol. The minimum absolute atomic E-state index is 0.185. The first kappa shape index (κ1) is 27.5. The van der Waals surface area contributed by atoms with Crippen molar-refractivity contribution in [3.8, 4) is 0 Å². The van der Waals surface area contributed by atoms with Crippen molar-refractivity contribution in [2.75, 3.05) is 26.2 Å². The minimum atomic E-state index is -0.700. The van der Waals surface area contributed by atoms with Crippen LogP contribution in [0.15, 0.2) is 42.5 Å². The molecule has 0 bridgehead atoms. The zero-order chi connectivity index (χ0) is 25.9. The molecule has 2 aliphatic heterocycles. The van der Waals surface area contributed by atoms with Crippen molar-refractivity contribution in [1.82, 2.24) is 9.80 Å². The molecular weight excluding hydrogens is 513 g/mol. The molecule has 36 heavy (non-hydrogen) atoms. The van der Waals surface area contributed by atoms with Crippen molar-refractivity contribution < 1.29 is 9.59 Å². The molecule has 0 N–H and O–H groups in total. The van der Waals surface area contributed by atoms with Gasteiger partial charge in [0, 0.05) is 42.5 Å². The monoisotopic (exact) mass is 546 g/mol. The van der Waals surface area contributed by atoms with Crippen LogP contribution in [0.2, 0.25) is 21.9 Å². The maximum atomic E-state index is 14.0. The quantitative estimate of drug-likeness (QED) is 0.341. The largest absolute Gasteiger partial charge is 0.340 e. The molecule has 2 saturated heterocycles. The van der Waals surface area contributed by atoms with E-state index < -0.39 is 5.41 Å². The van der Waals surface area contributed by atoms with Crippen LogP contribution in [0.3, 0.4) is 0 Å². The molecule has 2 heterocycles. The Labute approximate surface area is 230 Å². The van der Waals surface area contributed by atoms with Crippen molar-refractivity contribution in [2.24, 2.45) is 0 Å². The van der Waals surface area contributed by atoms with Gasteiger partial charge in [0.15, 0.2) is 0 Å². The molecule has 4 nitrogen and oxygen atoms in total. The topological polar surface area (TPSA) is 40.6 Å². The van der Waals surface area contributed by atoms with Crippen molar-refractivity contribution in [1.29, 1.82) is 0 Å². The molecule has 1 amide bonds. The smallest absolute Gasteiger partial charge is 0.225 e. The fraction of sp³-hybridized carbons (Fsp3) is 0.500. The molecular formula is C28H34BCl3N2O2. The lowest BCUT2D eigenvalue weighted by Crippen LogP contribution is -2.48. The van der Waals surface area contributed by atoms with Crippen molar-refractivity contribution in [2.45, 2.75) is 63.6 Å². The summed E-state index contributed by atoms with van der Waals surface area (Å²) in [4.78, 5) is 30.7. The minimum Gasteiger partial charge on any atom is -0.340 e. The van der Waals surface area contributed by atoms with Crippen molar-refractivity contribution in [3.05, 3.63) is 68.7 Å². The van der Waals surface area contributed by atoms with E-state index >= 15 is 0 Å². The second-order valence-electron chi connectivity index (χ2n) is 10.6. The lowest BCUT2D eigenvalue weighted by Gasteiger charge is -2.39. The molecule has 192 valence electrons. The van der Waals surface area contributed by atoms with Crippen LogP contribution in [0.1, 0.15) is 50.2 Å². The van der Waals surface area contributed by atoms with Gasteiger partial charge in [-0.25, -0.2) is 0 Å². The SMILES string of the molecule is CB(Cc1cccc(Cl)c1)C(=O)C(C)(CCN1CCC(N2CCCC2=O)CC1)c1ccc(Cl)c(Cl)c1. The van der Waals surface area contributed by atoms with E-state index in [0.717, 1.165) is 56.6 Å². The number of likely N-dealkylation sites (tertiary alicyclic amines) is 2. The number of nitrogens with zero attached hydrogens (tertiary/aromatic N) is 2. The van der Waals surface area contributed by atoms with E-state index in [-0.39, 0.29) is 12.4 Å². The molecule has 2 aliphatic rings. The van der Waals surface area contributed by atoms with Gasteiger partial charge in [-0.15, -0.1) is 0 Å². The third-order valence-electron chi connectivity index (χ3n) is 8.01. The highest BCUT2D eigenvalue weighted by Gasteiger charge is 2.40. The average Bonchev–Trinajstić information content (AvgIpc) is 3.29. The van der Waals surface area contributed by atoms with Gasteiger partial charge in [0.25, 0.3) is 0 Å². The Morgan fingerprint density at radius 2 is 1.81 bits per heavy atom. The van der Waals surface area contributed by atoms with Crippen LogP contribution < -0.4 is 0 Å². The lowest BCUT2D eigenvalue weighted by molar-refractivity contribution is -0.130. The molecule has 1 atom stereocenters. The molecule has 2 aromatic rings. The molecule has 1 unspecified atom stereocenters. The summed E-state index contributed by atoms with van der Waals surface area (Å²) in [6.07, 6.45) is 4.99. The van der Waals surface area contributed by atoms with E-state index in [4.69, 9.17) is 34.8 Å². The first-order chi connectivity index (χ1) is 17.2. The van der Waals surface area contributed by atoms with E-state index in [1.165, 1.54) is 0 Å². The number of hydrogen-bond donors (Lipinski definition) is 0. The van der Waals surface area contributed by atoms with Crippen molar-refractivity contribution in [3.63, 3.8) is 0 Å². The summed E-state index contributed by atoms with van der Waals surface area (Å²) in [6.45, 7) is 7.45. The Bertz CT molecular complexity index is 1110. The van der Waals surface area contributed by atoms with Crippen LogP contribution in [0.5, 0.6) is 0 Å². The van der Waals surface area contributed by atoms with Gasteiger partial charge in [-0.2, -0.15) is 0 Å². The van der Waals surface area contributed by atoms with Gasteiger partial charge < -0.3 is 14.6 Å². The first-order valence-corrected chi connectivity index (χ1v) is 14.1. The molecule has 4 rings (SSSR count). The Kier molecular flexibility index (Phi) is 9.09. The fourth-order valence-electron chi connectivity index (χ4n) is 5.79. The molecule has 8 heteroatoms. The van der Waals surface area contributed by atoms with Gasteiger partial charge in [-0.3, -0.25) is 4.79 Å². The van der Waals surface area contributed by atoms with Gasteiger partial charge in [-0.05, 0) is 75.3 Å². The van der Waals surface area contributed by atoms with Gasteiger partial charge in [0.1, 0.15) is 5.68 Å². The van der Waals surface area contributed by atoms with Crippen LogP contribution in [-0.2, 0) is 21.3 Å². The normalized spacial score (nSPS) is 18.9. The molecule has 0 spiro atoms. The van der Waals surface area contributed by atoms with Crippen molar-refractivity contribution >= 4 is 53.1 Å². The highest BCUT2D eigenvalue weighted by molar-refractivity contribution is 6.89. The molecule has 2 aromatic carbocycles. The van der Waals surface area contributed by atoms with Crippen LogP contribution in [0.25, 0.3) is 0 Å². The van der Waals surface area contributed by atoms with E-state index in [0.29, 0.717) is 46.2 Å². The predicted octanol–water partition coefficient (Wildman–Crippen LogP) is 6.40. The molecule has 0 aliphatic carbocycles. The average molecular weight is 548 g/mol. The number of halogens is 3. The third kappa shape index (κ3) is 6.30. The lowest BCUT2D eigenvalue weighted by atomic mass is 9.39. The number of benzene rings is 2. The van der Waals surface area contributed by atoms with E-state index in [9.17, 15) is 9.59 Å². The zero-order valence-electron chi connectivity index (χ0n) is 21.1. The number of rotatable bonds is 9.